The molecule has 1 aliphatic rings. The first-order valence-electron chi connectivity index (χ1n) is 6.79. The van der Waals surface area contributed by atoms with Gasteiger partial charge in [-0.1, -0.05) is 29.3 Å². The highest BCUT2D eigenvalue weighted by Gasteiger charge is 2.17. The van der Waals surface area contributed by atoms with E-state index >= 15 is 0 Å². The highest BCUT2D eigenvalue weighted by Crippen LogP contribution is 2.24. The maximum Gasteiger partial charge on any atom is 0.105 e. The number of hydrogen-bond donors (Lipinski definition) is 0. The van der Waals surface area contributed by atoms with Crippen LogP contribution in [0.15, 0.2) is 27.7 Å². The van der Waals surface area contributed by atoms with E-state index in [9.17, 15) is 0 Å². The number of nitrogens with zero attached hydrogens (tertiary/aromatic N) is 2. The van der Waals surface area contributed by atoms with Gasteiger partial charge in [-0.25, -0.2) is 4.99 Å². The minimum Gasteiger partial charge on any atom is -0.360 e. The van der Waals surface area contributed by atoms with E-state index in [1.807, 2.05) is 0 Å². The lowest BCUT2D eigenvalue weighted by Gasteiger charge is -2.18. The molecule has 1 heterocycles. The molecule has 0 aromatic heterocycles. The average molecular weight is 309 g/mol. The van der Waals surface area contributed by atoms with Gasteiger partial charge in [0.15, 0.2) is 0 Å². The van der Waals surface area contributed by atoms with Gasteiger partial charge in [0.25, 0.3) is 0 Å². The van der Waals surface area contributed by atoms with Crippen LogP contribution in [0.4, 0.5) is 5.69 Å². The molecule has 0 radical (unpaired) electrons. The summed E-state index contributed by atoms with van der Waals surface area (Å²) in [5, 5.41) is 0. The smallest absolute Gasteiger partial charge is 0.105 e. The topological polar surface area (TPSA) is 15.6 Å². The molecule has 3 heteroatoms. The number of likely N-dealkylation sites (tertiary alicyclic amines) is 1. The summed E-state index contributed by atoms with van der Waals surface area (Å²) in [5.41, 5.74) is 2.32. The predicted molar refractivity (Wildman–Crippen MR) is 81.7 cm³/mol. The van der Waals surface area contributed by atoms with Crippen LogP contribution in [-0.4, -0.2) is 23.8 Å². The van der Waals surface area contributed by atoms with Crippen LogP contribution in [0.3, 0.4) is 0 Å². The molecular weight excluding hydrogens is 288 g/mol. The van der Waals surface area contributed by atoms with Gasteiger partial charge < -0.3 is 4.90 Å². The molecule has 18 heavy (non-hydrogen) atoms. The summed E-state index contributed by atoms with van der Waals surface area (Å²) in [6, 6.07) is 6.31. The maximum atomic E-state index is 4.82. The molecule has 1 aromatic carbocycles. The Morgan fingerprint density at radius 2 is 2.22 bits per heavy atom. The van der Waals surface area contributed by atoms with Crippen molar-refractivity contribution in [2.75, 3.05) is 13.1 Å². The molecule has 0 spiro atoms. The van der Waals surface area contributed by atoms with Crippen LogP contribution in [0.2, 0.25) is 0 Å². The van der Waals surface area contributed by atoms with Crippen molar-refractivity contribution >= 4 is 27.5 Å². The van der Waals surface area contributed by atoms with Gasteiger partial charge in [0.2, 0.25) is 0 Å². The third-order valence-electron chi connectivity index (χ3n) is 3.37. The predicted octanol–water partition coefficient (Wildman–Crippen LogP) is 4.68. The lowest BCUT2D eigenvalue weighted by Crippen LogP contribution is -2.25. The van der Waals surface area contributed by atoms with Gasteiger partial charge in [0, 0.05) is 24.0 Å². The number of aryl methyl sites for hydroxylation is 1. The second kappa shape index (κ2) is 6.37. The van der Waals surface area contributed by atoms with Gasteiger partial charge in [-0.2, -0.15) is 0 Å². The normalized spacial score (nSPS) is 17.7. The summed E-state index contributed by atoms with van der Waals surface area (Å²) in [6.45, 7) is 6.68. The van der Waals surface area contributed by atoms with E-state index in [0.717, 1.165) is 23.1 Å². The van der Waals surface area contributed by atoms with Gasteiger partial charge in [0.1, 0.15) is 5.84 Å². The van der Waals surface area contributed by atoms with E-state index in [1.54, 1.807) is 0 Å². The minimum atomic E-state index is 1.08. The maximum absolute atomic E-state index is 4.82. The standard InChI is InChI=1S/C15H21BrN2/c1-3-4-9-18-10-5-6-15(18)17-13-7-8-14(16)12(2)11-13/h7-8,11H,3-6,9-10H2,1-2H3. The highest BCUT2D eigenvalue weighted by molar-refractivity contribution is 9.10. The quantitative estimate of drug-likeness (QED) is 0.788. The Balaban J connectivity index is 2.13. The van der Waals surface area contributed by atoms with Crippen LogP contribution in [-0.2, 0) is 0 Å². The molecule has 0 atom stereocenters. The zero-order valence-corrected chi connectivity index (χ0v) is 12.8. The summed E-state index contributed by atoms with van der Waals surface area (Å²) in [4.78, 5) is 7.26. The molecule has 0 saturated carbocycles. The Bertz CT molecular complexity index is 440. The fourth-order valence-electron chi connectivity index (χ4n) is 2.28. The third kappa shape index (κ3) is 3.35. The van der Waals surface area contributed by atoms with Gasteiger partial charge in [-0.05, 0) is 43.5 Å². The number of unbranched alkanes of at least 4 members (excludes halogenated alkanes) is 1. The Morgan fingerprint density at radius 1 is 1.39 bits per heavy atom. The third-order valence-corrected chi connectivity index (χ3v) is 4.26. The largest absolute Gasteiger partial charge is 0.360 e. The number of benzene rings is 1. The Morgan fingerprint density at radius 3 is 2.94 bits per heavy atom. The van der Waals surface area contributed by atoms with Crippen molar-refractivity contribution in [2.24, 2.45) is 4.99 Å². The van der Waals surface area contributed by atoms with Crippen molar-refractivity contribution in [2.45, 2.75) is 39.5 Å². The first-order chi connectivity index (χ1) is 8.70. The molecule has 1 saturated heterocycles. The van der Waals surface area contributed by atoms with Gasteiger partial charge in [-0.15, -0.1) is 0 Å². The molecule has 0 aliphatic carbocycles. The van der Waals surface area contributed by atoms with Crippen molar-refractivity contribution in [3.05, 3.63) is 28.2 Å². The number of hydrogen-bond acceptors (Lipinski definition) is 1. The monoisotopic (exact) mass is 308 g/mol. The van der Waals surface area contributed by atoms with E-state index < -0.39 is 0 Å². The summed E-state index contributed by atoms with van der Waals surface area (Å²) in [6.07, 6.45) is 4.89. The summed E-state index contributed by atoms with van der Waals surface area (Å²) >= 11 is 3.53. The lowest BCUT2D eigenvalue weighted by molar-refractivity contribution is 0.440. The van der Waals surface area contributed by atoms with Crippen molar-refractivity contribution < 1.29 is 0 Å². The zero-order valence-electron chi connectivity index (χ0n) is 11.2. The summed E-state index contributed by atoms with van der Waals surface area (Å²) in [5.74, 6) is 1.27. The Hall–Kier alpha value is -0.830. The van der Waals surface area contributed by atoms with Gasteiger partial charge in [0.05, 0.1) is 5.69 Å². The van der Waals surface area contributed by atoms with Crippen LogP contribution in [0.1, 0.15) is 38.2 Å². The van der Waals surface area contributed by atoms with E-state index in [1.165, 1.54) is 37.2 Å². The van der Waals surface area contributed by atoms with Crippen molar-refractivity contribution in [1.29, 1.82) is 0 Å². The molecule has 0 bridgehead atoms. The Kier molecular flexibility index (Phi) is 4.81. The Labute approximate surface area is 118 Å². The molecule has 0 unspecified atom stereocenters. The molecule has 2 nitrogen and oxygen atoms in total. The number of aliphatic imine (C=N–C) groups is 1. The SMILES string of the molecule is CCCCN1CCCC1=Nc1ccc(Br)c(C)c1. The first kappa shape index (κ1) is 13.6. The lowest BCUT2D eigenvalue weighted by atomic mass is 10.2. The van der Waals surface area contributed by atoms with Crippen LogP contribution in [0.25, 0.3) is 0 Å². The molecule has 98 valence electrons. The molecule has 1 aromatic rings. The zero-order chi connectivity index (χ0) is 13.0. The molecule has 0 N–H and O–H groups in total. The van der Waals surface area contributed by atoms with Crippen molar-refractivity contribution in [3.8, 4) is 0 Å². The molecule has 0 amide bonds. The summed E-state index contributed by atoms with van der Waals surface area (Å²) in [7, 11) is 0. The molecular formula is C15H21BrN2. The minimum absolute atomic E-state index is 1.08. The number of rotatable bonds is 4. The van der Waals surface area contributed by atoms with E-state index in [0.29, 0.717) is 0 Å². The van der Waals surface area contributed by atoms with E-state index in [-0.39, 0.29) is 0 Å². The molecule has 1 aliphatic heterocycles. The van der Waals surface area contributed by atoms with Crippen molar-refractivity contribution in [3.63, 3.8) is 0 Å². The van der Waals surface area contributed by atoms with Crippen molar-refractivity contribution in [1.82, 2.24) is 4.90 Å². The highest BCUT2D eigenvalue weighted by atomic mass is 79.9. The molecule has 2 rings (SSSR count). The number of amidine groups is 1. The number of halogens is 1. The summed E-state index contributed by atoms with van der Waals surface area (Å²) < 4.78 is 1.15. The van der Waals surface area contributed by atoms with Crippen LogP contribution in [0, 0.1) is 6.92 Å². The van der Waals surface area contributed by atoms with Crippen LogP contribution < -0.4 is 0 Å². The second-order valence-corrected chi connectivity index (χ2v) is 5.76. The first-order valence-corrected chi connectivity index (χ1v) is 7.58. The fourth-order valence-corrected chi connectivity index (χ4v) is 2.53. The second-order valence-electron chi connectivity index (χ2n) is 4.91. The van der Waals surface area contributed by atoms with E-state index in [4.69, 9.17) is 4.99 Å². The average Bonchev–Trinajstić information content (AvgIpc) is 2.79. The molecule has 1 fully saturated rings. The van der Waals surface area contributed by atoms with E-state index in [2.05, 4.69) is 52.9 Å². The van der Waals surface area contributed by atoms with Crippen LogP contribution in [0.5, 0.6) is 0 Å². The fraction of sp³-hybridized carbons (Fsp3) is 0.533. The van der Waals surface area contributed by atoms with Gasteiger partial charge in [-0.3, -0.25) is 0 Å². The van der Waals surface area contributed by atoms with Crippen LogP contribution >= 0.6 is 15.9 Å². The van der Waals surface area contributed by atoms with Gasteiger partial charge >= 0.3 is 0 Å².